The summed E-state index contributed by atoms with van der Waals surface area (Å²) in [5.41, 5.74) is -0.683. The zero-order valence-electron chi connectivity index (χ0n) is 16.0. The van der Waals surface area contributed by atoms with E-state index < -0.39 is 11.7 Å². The van der Waals surface area contributed by atoms with Gasteiger partial charge in [0.2, 0.25) is 0 Å². The summed E-state index contributed by atoms with van der Waals surface area (Å²) in [6, 6.07) is 2.56. The number of carbonyl (C=O) groups excluding carboxylic acids is 1. The van der Waals surface area contributed by atoms with E-state index in [1.54, 1.807) is 4.90 Å². The summed E-state index contributed by atoms with van der Waals surface area (Å²) in [5.74, 6) is 0.773. The van der Waals surface area contributed by atoms with Gasteiger partial charge in [0.25, 0.3) is 5.91 Å². The topological polar surface area (TPSA) is 75.9 Å². The molecule has 0 unspecified atom stereocenters. The Morgan fingerprint density at radius 3 is 2.40 bits per heavy atom. The first-order chi connectivity index (χ1) is 13.4. The molecule has 0 spiro atoms. The highest BCUT2D eigenvalue weighted by atomic mass is 35.5. The maximum absolute atomic E-state index is 12.6. The third-order valence-corrected chi connectivity index (χ3v) is 5.20. The molecule has 0 bridgehead atoms. The largest absolute Gasteiger partial charge is 0.417 e. The number of likely N-dealkylation sites (tertiary alicyclic amines) is 1. The van der Waals surface area contributed by atoms with Crippen LogP contribution in [-0.2, 0) is 6.18 Å². The zero-order valence-corrected chi connectivity index (χ0v) is 17.6. The van der Waals surface area contributed by atoms with Gasteiger partial charge in [-0.2, -0.15) is 13.2 Å². The number of rotatable bonds is 5. The Bertz CT molecular complexity index is 833. The van der Waals surface area contributed by atoms with Gasteiger partial charge >= 0.3 is 6.18 Å². The molecule has 1 saturated carbocycles. The van der Waals surface area contributed by atoms with Crippen molar-refractivity contribution in [2.24, 2.45) is 5.92 Å². The van der Waals surface area contributed by atoms with Crippen LogP contribution in [0.3, 0.4) is 0 Å². The Morgan fingerprint density at radius 2 is 1.83 bits per heavy atom. The lowest BCUT2D eigenvalue weighted by Crippen LogP contribution is -2.45. The minimum atomic E-state index is -4.45. The fraction of sp³-hybridized carbons (Fsp3) is 0.556. The third kappa shape index (κ3) is 5.83. The molecular formula is C18H23Cl2F3N6O. The number of halogens is 5. The van der Waals surface area contributed by atoms with Crippen molar-refractivity contribution in [1.82, 2.24) is 30.2 Å². The monoisotopic (exact) mass is 466 g/mol. The summed E-state index contributed by atoms with van der Waals surface area (Å²) in [6.07, 6.45) is 2.10. The molecule has 0 radical (unpaired) electrons. The van der Waals surface area contributed by atoms with E-state index in [4.69, 9.17) is 0 Å². The van der Waals surface area contributed by atoms with Gasteiger partial charge in [0, 0.05) is 25.3 Å². The minimum Gasteiger partial charge on any atom is -0.337 e. The van der Waals surface area contributed by atoms with E-state index in [0.717, 1.165) is 37.6 Å². The average molecular weight is 467 g/mol. The molecule has 166 valence electrons. The number of hydrogen-bond donors (Lipinski definition) is 1. The van der Waals surface area contributed by atoms with Crippen molar-refractivity contribution in [3.8, 4) is 5.82 Å². The Balaban J connectivity index is 0.00000160. The number of aromatic nitrogens is 4. The van der Waals surface area contributed by atoms with E-state index in [2.05, 4.69) is 20.6 Å². The first-order valence-electron chi connectivity index (χ1n) is 9.39. The van der Waals surface area contributed by atoms with Crippen LogP contribution in [0.5, 0.6) is 0 Å². The van der Waals surface area contributed by atoms with Crippen molar-refractivity contribution < 1.29 is 18.0 Å². The summed E-state index contributed by atoms with van der Waals surface area (Å²) in [7, 11) is 0. The second kappa shape index (κ2) is 9.93. The number of nitrogens with one attached hydrogen (secondary N) is 1. The molecule has 2 fully saturated rings. The maximum atomic E-state index is 12.6. The van der Waals surface area contributed by atoms with Gasteiger partial charge in [-0.25, -0.2) is 9.67 Å². The normalized spacial score (nSPS) is 17.2. The highest BCUT2D eigenvalue weighted by Gasteiger charge is 2.31. The molecule has 30 heavy (non-hydrogen) atoms. The Kier molecular flexibility index (Phi) is 8.06. The van der Waals surface area contributed by atoms with Crippen LogP contribution >= 0.6 is 24.8 Å². The van der Waals surface area contributed by atoms with Gasteiger partial charge in [-0.1, -0.05) is 5.21 Å². The van der Waals surface area contributed by atoms with E-state index in [0.29, 0.717) is 19.1 Å². The van der Waals surface area contributed by atoms with Crippen LogP contribution in [0.15, 0.2) is 24.5 Å². The molecule has 3 heterocycles. The van der Waals surface area contributed by atoms with E-state index in [1.807, 2.05) is 0 Å². The molecule has 7 nitrogen and oxygen atoms in total. The van der Waals surface area contributed by atoms with Crippen LogP contribution in [0.1, 0.15) is 41.7 Å². The van der Waals surface area contributed by atoms with Crippen molar-refractivity contribution in [1.29, 1.82) is 0 Å². The minimum absolute atomic E-state index is 0. The van der Waals surface area contributed by atoms with Gasteiger partial charge in [-0.05, 0) is 50.3 Å². The van der Waals surface area contributed by atoms with E-state index in [-0.39, 0.29) is 42.2 Å². The molecule has 12 heteroatoms. The van der Waals surface area contributed by atoms with Gasteiger partial charge in [-0.3, -0.25) is 4.79 Å². The maximum Gasteiger partial charge on any atom is 0.417 e. The van der Waals surface area contributed by atoms with E-state index in [9.17, 15) is 18.0 Å². The van der Waals surface area contributed by atoms with E-state index >= 15 is 0 Å². The number of carbonyl (C=O) groups is 1. The quantitative estimate of drug-likeness (QED) is 0.732. The molecule has 1 saturated heterocycles. The van der Waals surface area contributed by atoms with Gasteiger partial charge in [0.15, 0.2) is 11.5 Å². The Labute approximate surface area is 184 Å². The zero-order chi connectivity index (χ0) is 19.7. The van der Waals surface area contributed by atoms with Crippen molar-refractivity contribution in [3.63, 3.8) is 0 Å². The number of amides is 1. The molecule has 0 atom stereocenters. The molecule has 2 aromatic rings. The number of pyridine rings is 1. The summed E-state index contributed by atoms with van der Waals surface area (Å²) in [6.45, 7) is 2.35. The van der Waals surface area contributed by atoms with Gasteiger partial charge in [0.05, 0.1) is 11.8 Å². The molecule has 1 amide bonds. The van der Waals surface area contributed by atoms with Crippen LogP contribution in [0, 0.1) is 5.92 Å². The molecule has 4 rings (SSSR count). The van der Waals surface area contributed by atoms with Crippen LogP contribution in [0.25, 0.3) is 5.82 Å². The third-order valence-electron chi connectivity index (χ3n) is 5.20. The standard InChI is InChI=1S/C18H21F3N6O.2ClH/c19-18(20,21)13-3-4-16(23-10-13)27-11-15(24-25-27)17(28)26-7-5-14(6-8-26)22-9-12-1-2-12;;/h3-4,10-12,14,22H,1-2,5-9H2;2*1H. The first kappa shape index (κ1) is 24.4. The second-order valence-corrected chi connectivity index (χ2v) is 7.37. The first-order valence-corrected chi connectivity index (χ1v) is 9.39. The number of hydrogen-bond acceptors (Lipinski definition) is 5. The van der Waals surface area contributed by atoms with Crippen LogP contribution in [0.2, 0.25) is 0 Å². The van der Waals surface area contributed by atoms with Gasteiger partial charge < -0.3 is 10.2 Å². The van der Waals surface area contributed by atoms with Crippen LogP contribution in [-0.4, -0.2) is 56.5 Å². The lowest BCUT2D eigenvalue weighted by Gasteiger charge is -2.32. The van der Waals surface area contributed by atoms with E-state index in [1.165, 1.54) is 29.8 Å². The highest BCUT2D eigenvalue weighted by Crippen LogP contribution is 2.29. The van der Waals surface area contributed by atoms with Crippen molar-refractivity contribution in [2.45, 2.75) is 37.9 Å². The van der Waals surface area contributed by atoms with Crippen LogP contribution < -0.4 is 5.32 Å². The summed E-state index contributed by atoms with van der Waals surface area (Å²) < 4.78 is 39.1. The average Bonchev–Trinajstić information content (AvgIpc) is 3.39. The molecule has 1 N–H and O–H groups in total. The Morgan fingerprint density at radius 1 is 1.13 bits per heavy atom. The Hall–Kier alpha value is -1.91. The number of alkyl halides is 3. The molecule has 0 aromatic carbocycles. The molecule has 2 aromatic heterocycles. The predicted molar refractivity (Wildman–Crippen MR) is 108 cm³/mol. The number of nitrogens with zero attached hydrogens (tertiary/aromatic N) is 5. The summed E-state index contributed by atoms with van der Waals surface area (Å²) >= 11 is 0. The lowest BCUT2D eigenvalue weighted by molar-refractivity contribution is -0.137. The van der Waals surface area contributed by atoms with Crippen molar-refractivity contribution in [2.75, 3.05) is 19.6 Å². The fourth-order valence-corrected chi connectivity index (χ4v) is 3.27. The summed E-state index contributed by atoms with van der Waals surface area (Å²) in [5, 5.41) is 11.3. The van der Waals surface area contributed by atoms with Gasteiger partial charge in [0.1, 0.15) is 0 Å². The molecule has 1 aliphatic carbocycles. The number of piperidine rings is 1. The van der Waals surface area contributed by atoms with Gasteiger partial charge in [-0.15, -0.1) is 29.9 Å². The summed E-state index contributed by atoms with van der Waals surface area (Å²) in [4.78, 5) is 18.1. The van der Waals surface area contributed by atoms with Crippen LogP contribution in [0.4, 0.5) is 13.2 Å². The smallest absolute Gasteiger partial charge is 0.337 e. The van der Waals surface area contributed by atoms with Crippen molar-refractivity contribution in [3.05, 3.63) is 35.8 Å². The van der Waals surface area contributed by atoms with Crippen molar-refractivity contribution >= 4 is 30.7 Å². The fourth-order valence-electron chi connectivity index (χ4n) is 3.27. The second-order valence-electron chi connectivity index (χ2n) is 7.37. The molecule has 2 aliphatic rings. The lowest BCUT2D eigenvalue weighted by atomic mass is 10.0. The highest BCUT2D eigenvalue weighted by molar-refractivity contribution is 5.92. The predicted octanol–water partition coefficient (Wildman–Crippen LogP) is 3.13. The molecule has 1 aliphatic heterocycles. The SMILES string of the molecule is Cl.Cl.O=C(c1cn(-c2ccc(C(F)(F)F)cn2)nn1)N1CCC(NCC2CC2)CC1. The molecular weight excluding hydrogens is 444 g/mol.